The van der Waals surface area contributed by atoms with E-state index in [0.717, 1.165) is 59.4 Å². The summed E-state index contributed by atoms with van der Waals surface area (Å²) < 4.78 is 6.17. The van der Waals surface area contributed by atoms with Crippen LogP contribution >= 0.6 is 0 Å². The summed E-state index contributed by atoms with van der Waals surface area (Å²) in [6.07, 6.45) is 13.2. The number of fused-ring (bicyclic) bond motifs is 1. The number of carbonyl (C=O) groups is 1. The SMILES string of the molecule is O=C(NC12CC3CC(CC(C3)C1)C2)N1CCCC1c1nc2cc(-c3cccnc3)ccc2o1. The number of nitrogens with zero attached hydrogens (tertiary/aromatic N) is 3. The van der Waals surface area contributed by atoms with E-state index in [1.807, 2.05) is 41.4 Å². The van der Waals surface area contributed by atoms with Gasteiger partial charge in [-0.25, -0.2) is 9.78 Å². The summed E-state index contributed by atoms with van der Waals surface area (Å²) in [4.78, 5) is 24.5. The van der Waals surface area contributed by atoms with Crippen molar-refractivity contribution in [3.05, 3.63) is 48.6 Å². The molecule has 4 aliphatic carbocycles. The number of rotatable bonds is 3. The van der Waals surface area contributed by atoms with E-state index in [2.05, 4.69) is 10.3 Å². The van der Waals surface area contributed by atoms with E-state index in [4.69, 9.17) is 9.40 Å². The molecule has 6 nitrogen and oxygen atoms in total. The highest BCUT2D eigenvalue weighted by atomic mass is 16.4. The van der Waals surface area contributed by atoms with E-state index < -0.39 is 0 Å². The third-order valence-corrected chi connectivity index (χ3v) is 8.61. The summed E-state index contributed by atoms with van der Waals surface area (Å²) in [6.45, 7) is 0.766. The van der Waals surface area contributed by atoms with Gasteiger partial charge in [-0.3, -0.25) is 4.98 Å². The van der Waals surface area contributed by atoms with E-state index in [1.54, 1.807) is 6.20 Å². The molecule has 5 aliphatic rings. The first-order valence-corrected chi connectivity index (χ1v) is 12.5. The number of aromatic nitrogens is 2. The monoisotopic (exact) mass is 442 g/mol. The van der Waals surface area contributed by atoms with E-state index in [-0.39, 0.29) is 17.6 Å². The second-order valence-electron chi connectivity index (χ2n) is 11.0. The second kappa shape index (κ2) is 7.31. The molecule has 1 aliphatic heterocycles. The van der Waals surface area contributed by atoms with E-state index in [1.165, 1.54) is 38.5 Å². The van der Waals surface area contributed by atoms with Crippen molar-refractivity contribution in [2.75, 3.05) is 6.54 Å². The number of likely N-dealkylation sites (tertiary alicyclic amines) is 1. The first-order chi connectivity index (χ1) is 16.1. The van der Waals surface area contributed by atoms with Gasteiger partial charge in [0.2, 0.25) is 5.89 Å². The van der Waals surface area contributed by atoms with Crippen molar-refractivity contribution in [2.24, 2.45) is 17.8 Å². The van der Waals surface area contributed by atoms with Crippen LogP contribution < -0.4 is 5.32 Å². The van der Waals surface area contributed by atoms with Crippen molar-refractivity contribution in [1.82, 2.24) is 20.2 Å². The van der Waals surface area contributed by atoms with Crippen LogP contribution in [0.15, 0.2) is 47.1 Å². The van der Waals surface area contributed by atoms with E-state index >= 15 is 0 Å². The molecule has 3 aromatic rings. The van der Waals surface area contributed by atoms with Gasteiger partial charge in [0.1, 0.15) is 11.6 Å². The number of benzene rings is 1. The summed E-state index contributed by atoms with van der Waals surface area (Å²) in [5.41, 5.74) is 3.75. The summed E-state index contributed by atoms with van der Waals surface area (Å²) in [7, 11) is 0. The molecule has 6 heteroatoms. The second-order valence-corrected chi connectivity index (χ2v) is 11.0. The van der Waals surface area contributed by atoms with Crippen LogP contribution in [0.25, 0.3) is 22.2 Å². The Balaban J connectivity index is 1.13. The van der Waals surface area contributed by atoms with Gasteiger partial charge in [0.15, 0.2) is 5.58 Å². The minimum absolute atomic E-state index is 0.0267. The highest BCUT2D eigenvalue weighted by Crippen LogP contribution is 2.55. The van der Waals surface area contributed by atoms with Gasteiger partial charge < -0.3 is 14.6 Å². The third kappa shape index (κ3) is 3.33. The van der Waals surface area contributed by atoms with Crippen LogP contribution in [-0.4, -0.2) is 33.0 Å². The Morgan fingerprint density at radius 2 is 1.85 bits per heavy atom. The summed E-state index contributed by atoms with van der Waals surface area (Å²) in [6, 6.07) is 10.0. The minimum Gasteiger partial charge on any atom is -0.438 e. The zero-order valence-corrected chi connectivity index (χ0v) is 18.9. The van der Waals surface area contributed by atoms with E-state index in [0.29, 0.717) is 5.89 Å². The summed E-state index contributed by atoms with van der Waals surface area (Å²) >= 11 is 0. The number of nitrogens with one attached hydrogen (secondary N) is 1. The van der Waals surface area contributed by atoms with Gasteiger partial charge in [-0.15, -0.1) is 0 Å². The van der Waals surface area contributed by atoms with Gasteiger partial charge in [-0.05, 0) is 92.9 Å². The van der Waals surface area contributed by atoms with Crippen LogP contribution in [0.4, 0.5) is 4.79 Å². The molecule has 1 atom stereocenters. The zero-order chi connectivity index (χ0) is 22.0. The summed E-state index contributed by atoms with van der Waals surface area (Å²) in [5, 5.41) is 3.54. The van der Waals surface area contributed by atoms with Crippen molar-refractivity contribution in [1.29, 1.82) is 0 Å². The number of pyridine rings is 1. The molecule has 0 spiro atoms. The smallest absolute Gasteiger partial charge is 0.318 e. The van der Waals surface area contributed by atoms with Gasteiger partial charge in [-0.1, -0.05) is 12.1 Å². The Hall–Kier alpha value is -2.89. The van der Waals surface area contributed by atoms with Gasteiger partial charge >= 0.3 is 6.03 Å². The highest BCUT2D eigenvalue weighted by Gasteiger charge is 2.52. The number of hydrogen-bond acceptors (Lipinski definition) is 4. The van der Waals surface area contributed by atoms with Crippen LogP contribution in [0.2, 0.25) is 0 Å². The molecular weight excluding hydrogens is 412 g/mol. The lowest BCUT2D eigenvalue weighted by Crippen LogP contribution is -2.61. The van der Waals surface area contributed by atoms with Gasteiger partial charge in [0, 0.05) is 30.0 Å². The normalized spacial score (nSPS) is 32.5. The fourth-order valence-corrected chi connectivity index (χ4v) is 7.63. The topological polar surface area (TPSA) is 71.3 Å². The average molecular weight is 443 g/mol. The fraction of sp³-hybridized carbons (Fsp3) is 0.519. The molecule has 4 bridgehead atoms. The number of oxazole rings is 1. The molecule has 33 heavy (non-hydrogen) atoms. The average Bonchev–Trinajstić information content (AvgIpc) is 3.45. The van der Waals surface area contributed by atoms with Crippen LogP contribution in [0.3, 0.4) is 0 Å². The Kier molecular flexibility index (Phi) is 4.33. The molecule has 0 radical (unpaired) electrons. The fourth-order valence-electron chi connectivity index (χ4n) is 7.63. The van der Waals surface area contributed by atoms with Crippen LogP contribution in [0.5, 0.6) is 0 Å². The molecule has 3 heterocycles. The maximum absolute atomic E-state index is 13.5. The molecule has 1 saturated heterocycles. The molecule has 2 aromatic heterocycles. The maximum Gasteiger partial charge on any atom is 0.318 e. The number of amides is 2. The van der Waals surface area contributed by atoms with Gasteiger partial charge in [0.05, 0.1) is 0 Å². The molecule has 8 rings (SSSR count). The lowest BCUT2D eigenvalue weighted by atomic mass is 9.53. The zero-order valence-electron chi connectivity index (χ0n) is 18.9. The lowest BCUT2D eigenvalue weighted by molar-refractivity contribution is -0.0160. The van der Waals surface area contributed by atoms with Crippen LogP contribution in [-0.2, 0) is 0 Å². The molecule has 1 unspecified atom stereocenters. The van der Waals surface area contributed by atoms with Crippen molar-refractivity contribution >= 4 is 17.1 Å². The molecular formula is C27H30N4O2. The number of urea groups is 1. The lowest BCUT2D eigenvalue weighted by Gasteiger charge is -2.57. The Morgan fingerprint density at radius 1 is 1.06 bits per heavy atom. The first-order valence-electron chi connectivity index (χ1n) is 12.5. The highest BCUT2D eigenvalue weighted by molar-refractivity contribution is 5.80. The van der Waals surface area contributed by atoms with Gasteiger partial charge in [0.25, 0.3) is 0 Å². The molecule has 4 saturated carbocycles. The van der Waals surface area contributed by atoms with Crippen molar-refractivity contribution in [3.63, 3.8) is 0 Å². The Bertz CT molecular complexity index is 1170. The van der Waals surface area contributed by atoms with Crippen molar-refractivity contribution in [2.45, 2.75) is 62.9 Å². The largest absolute Gasteiger partial charge is 0.438 e. The van der Waals surface area contributed by atoms with Crippen LogP contribution in [0.1, 0.15) is 63.3 Å². The molecule has 170 valence electrons. The number of hydrogen-bond donors (Lipinski definition) is 1. The molecule has 1 aromatic carbocycles. The number of carbonyl (C=O) groups excluding carboxylic acids is 1. The Morgan fingerprint density at radius 3 is 2.58 bits per heavy atom. The van der Waals surface area contributed by atoms with Crippen LogP contribution in [0, 0.1) is 17.8 Å². The van der Waals surface area contributed by atoms with Crippen molar-refractivity contribution in [3.8, 4) is 11.1 Å². The van der Waals surface area contributed by atoms with Gasteiger partial charge in [-0.2, -0.15) is 0 Å². The molecule has 2 amide bonds. The maximum atomic E-state index is 13.5. The van der Waals surface area contributed by atoms with Crippen molar-refractivity contribution < 1.29 is 9.21 Å². The predicted molar refractivity (Wildman–Crippen MR) is 125 cm³/mol. The predicted octanol–water partition coefficient (Wildman–Crippen LogP) is 5.71. The quantitative estimate of drug-likeness (QED) is 0.564. The van der Waals surface area contributed by atoms with E-state index in [9.17, 15) is 4.79 Å². The third-order valence-electron chi connectivity index (χ3n) is 8.61. The first kappa shape index (κ1) is 19.6. The molecule has 1 N–H and O–H groups in total. The molecule has 5 fully saturated rings. The minimum atomic E-state index is -0.0897. The standard InChI is InChI=1S/C27H30N4O2/c32-26(30-27-13-17-9-18(14-27)11-19(10-17)15-27)31-8-2-4-23(31)25-29-22-12-20(5-6-24(22)33-25)21-3-1-7-28-16-21/h1,3,5-7,12,16-19,23H,2,4,8-11,13-15H2,(H,30,32). The Labute approximate surface area is 193 Å². The summed E-state index contributed by atoms with van der Waals surface area (Å²) in [5.74, 6) is 3.11.